The summed E-state index contributed by atoms with van der Waals surface area (Å²) >= 11 is 0. The highest BCUT2D eigenvalue weighted by molar-refractivity contribution is 7.25. The van der Waals surface area contributed by atoms with Crippen molar-refractivity contribution < 1.29 is 14.5 Å². The van der Waals surface area contributed by atoms with Crippen molar-refractivity contribution in [3.63, 3.8) is 0 Å². The van der Waals surface area contributed by atoms with Gasteiger partial charge in [-0.25, -0.2) is 0 Å². The van der Waals surface area contributed by atoms with Crippen LogP contribution in [0.5, 0.6) is 11.5 Å². The Morgan fingerprint density at radius 2 is 1.18 bits per heavy atom. The predicted molar refractivity (Wildman–Crippen MR) is 121 cm³/mol. The van der Waals surface area contributed by atoms with E-state index in [9.17, 15) is 10.00 Å². The van der Waals surface area contributed by atoms with Crippen LogP contribution in [0.2, 0.25) is 0 Å². The van der Waals surface area contributed by atoms with E-state index in [2.05, 4.69) is 74.4 Å². The van der Waals surface area contributed by atoms with E-state index >= 15 is 0 Å². The third kappa shape index (κ3) is 4.07. The van der Waals surface area contributed by atoms with E-state index in [1.165, 1.54) is 0 Å². The van der Waals surface area contributed by atoms with E-state index < -0.39 is 9.03 Å². The lowest BCUT2D eigenvalue weighted by Gasteiger charge is -2.29. The van der Waals surface area contributed by atoms with Crippen molar-refractivity contribution in [1.82, 2.24) is 0 Å². The van der Waals surface area contributed by atoms with Crippen LogP contribution in [-0.4, -0.2) is 10.00 Å². The minimum Gasteiger partial charge on any atom is -0.507 e. The number of aromatic hydroxyl groups is 1. The Bertz CT molecular complexity index is 900. The lowest BCUT2D eigenvalue weighted by Crippen LogP contribution is -2.15. The van der Waals surface area contributed by atoms with Gasteiger partial charge in [-0.2, -0.15) is 0 Å². The van der Waals surface area contributed by atoms with Crippen molar-refractivity contribution in [3.05, 3.63) is 45.5 Å². The Balaban J connectivity index is 3.08. The van der Waals surface area contributed by atoms with Gasteiger partial charge in [0.2, 0.25) is 9.03 Å². The van der Waals surface area contributed by atoms with E-state index in [0.29, 0.717) is 11.5 Å². The Kier molecular flexibility index (Phi) is 6.24. The van der Waals surface area contributed by atoms with Crippen molar-refractivity contribution in [3.8, 4) is 22.6 Å². The second-order valence-electron chi connectivity index (χ2n) is 9.85. The zero-order valence-corrected chi connectivity index (χ0v) is 20.0. The van der Waals surface area contributed by atoms with E-state index in [-0.39, 0.29) is 10.8 Å². The molecule has 3 nitrogen and oxygen atoms in total. The van der Waals surface area contributed by atoms with E-state index in [0.717, 1.165) is 44.5 Å². The maximum atomic E-state index is 11.4. The molecule has 0 spiro atoms. The summed E-state index contributed by atoms with van der Waals surface area (Å²) < 4.78 is 5.83. The van der Waals surface area contributed by atoms with Gasteiger partial charge in [-0.3, -0.25) is 0 Å². The molecule has 0 aliphatic heterocycles. The third-order valence-electron chi connectivity index (χ3n) is 5.63. The van der Waals surface area contributed by atoms with Crippen LogP contribution in [0.4, 0.5) is 0 Å². The number of phenols is 1. The molecule has 0 saturated heterocycles. The molecular weight excluding hydrogens is 367 g/mol. The van der Waals surface area contributed by atoms with Crippen molar-refractivity contribution >= 4 is 9.03 Å². The summed E-state index contributed by atoms with van der Waals surface area (Å²) in [5, 5.41) is 11.4. The maximum absolute atomic E-state index is 11.4. The molecule has 28 heavy (non-hydrogen) atoms. The Labute approximate surface area is 172 Å². The second kappa shape index (κ2) is 7.69. The maximum Gasteiger partial charge on any atom is 0.212 e. The van der Waals surface area contributed by atoms with Crippen LogP contribution in [0.25, 0.3) is 11.1 Å². The predicted octanol–water partition coefficient (Wildman–Crippen LogP) is 6.77. The average molecular weight is 403 g/mol. The summed E-state index contributed by atoms with van der Waals surface area (Å²) in [4.78, 5) is 9.66. The average Bonchev–Trinajstić information content (AvgIpc) is 2.54. The molecule has 0 bridgehead atoms. The first-order valence-electron chi connectivity index (χ1n) is 9.76. The monoisotopic (exact) mass is 402 g/mol. The standard InChI is InChI=1S/C24H35O3P/c1-13-11-17(23(5,6)7)21(25)19(15(13)3)20-16(4)14(2)12-18(24(8,9)10)22(20)27-28-26/h11-12,25-26,28H,1-10H3. The molecule has 0 saturated carbocycles. The molecule has 0 radical (unpaired) electrons. The number of hydrogen-bond acceptors (Lipinski definition) is 3. The molecule has 0 fully saturated rings. The smallest absolute Gasteiger partial charge is 0.212 e. The van der Waals surface area contributed by atoms with Crippen LogP contribution in [0.3, 0.4) is 0 Å². The summed E-state index contributed by atoms with van der Waals surface area (Å²) in [5.74, 6) is 0.968. The number of phenolic OH excluding ortho intramolecular Hbond substituents is 1. The highest BCUT2D eigenvalue weighted by Gasteiger charge is 2.30. The third-order valence-corrected chi connectivity index (χ3v) is 5.93. The molecule has 0 amide bonds. The zero-order valence-electron chi connectivity index (χ0n) is 19.0. The molecule has 0 aromatic heterocycles. The molecule has 2 rings (SSSR count). The molecule has 0 aliphatic rings. The fourth-order valence-electron chi connectivity index (χ4n) is 3.68. The van der Waals surface area contributed by atoms with Crippen LogP contribution < -0.4 is 4.52 Å². The Morgan fingerprint density at radius 1 is 0.750 bits per heavy atom. The van der Waals surface area contributed by atoms with Crippen LogP contribution in [-0.2, 0) is 10.8 Å². The molecule has 4 heteroatoms. The van der Waals surface area contributed by atoms with Gasteiger partial charge in [0, 0.05) is 22.3 Å². The quantitative estimate of drug-likeness (QED) is 0.557. The highest BCUT2D eigenvalue weighted by atomic mass is 31.1. The van der Waals surface area contributed by atoms with Gasteiger partial charge in [0.1, 0.15) is 11.5 Å². The topological polar surface area (TPSA) is 49.7 Å². The molecule has 2 aromatic carbocycles. The molecular formula is C24H35O3P. The number of rotatable bonds is 3. The van der Waals surface area contributed by atoms with Gasteiger partial charge in [-0.1, -0.05) is 53.7 Å². The largest absolute Gasteiger partial charge is 0.507 e. The van der Waals surface area contributed by atoms with Gasteiger partial charge in [-0.15, -0.1) is 0 Å². The summed E-state index contributed by atoms with van der Waals surface area (Å²) in [6.45, 7) is 21.0. The fourth-order valence-corrected chi connectivity index (χ4v) is 3.99. The van der Waals surface area contributed by atoms with Crippen molar-refractivity contribution in [2.75, 3.05) is 0 Å². The van der Waals surface area contributed by atoms with Crippen LogP contribution in [0, 0.1) is 27.7 Å². The first-order valence-corrected chi connectivity index (χ1v) is 10.6. The van der Waals surface area contributed by atoms with Crippen LogP contribution in [0.1, 0.15) is 74.9 Å². The molecule has 2 aromatic rings. The Hall–Kier alpha value is -1.57. The molecule has 2 N–H and O–H groups in total. The van der Waals surface area contributed by atoms with Gasteiger partial charge in [0.25, 0.3) is 0 Å². The fraction of sp³-hybridized carbons (Fsp3) is 0.500. The molecule has 154 valence electrons. The number of benzene rings is 2. The first kappa shape index (κ1) is 22.7. The molecule has 0 aliphatic carbocycles. The molecule has 1 unspecified atom stereocenters. The van der Waals surface area contributed by atoms with Crippen LogP contribution in [0.15, 0.2) is 12.1 Å². The minimum atomic E-state index is -0.659. The summed E-state index contributed by atoms with van der Waals surface area (Å²) in [6.07, 6.45) is 0. The first-order chi connectivity index (χ1) is 12.7. The SMILES string of the molecule is Cc1cc(C(C)(C)C)c(O)c(-c2c(C)c(C)cc(C(C)(C)C)c2OPO)c1C. The summed E-state index contributed by atoms with van der Waals surface area (Å²) in [5.41, 5.74) is 7.66. The minimum absolute atomic E-state index is 0.164. The summed E-state index contributed by atoms with van der Waals surface area (Å²) in [6, 6.07) is 4.22. The highest BCUT2D eigenvalue weighted by Crippen LogP contribution is 2.50. The number of aryl methyl sites for hydroxylation is 2. The van der Waals surface area contributed by atoms with Crippen LogP contribution >= 0.6 is 9.03 Å². The molecule has 1 atom stereocenters. The van der Waals surface area contributed by atoms with E-state index in [1.54, 1.807) is 0 Å². The number of hydrogen-bond donors (Lipinski definition) is 2. The second-order valence-corrected chi connectivity index (χ2v) is 10.2. The van der Waals surface area contributed by atoms with E-state index in [4.69, 9.17) is 4.52 Å². The van der Waals surface area contributed by atoms with Crippen molar-refractivity contribution in [1.29, 1.82) is 0 Å². The lowest BCUT2D eigenvalue weighted by molar-refractivity contribution is 0.447. The van der Waals surface area contributed by atoms with E-state index in [1.807, 2.05) is 6.92 Å². The van der Waals surface area contributed by atoms with Crippen molar-refractivity contribution in [2.24, 2.45) is 0 Å². The zero-order chi connectivity index (χ0) is 21.6. The summed E-state index contributed by atoms with van der Waals surface area (Å²) in [7, 11) is -0.659. The van der Waals surface area contributed by atoms with Gasteiger partial charge < -0.3 is 14.5 Å². The van der Waals surface area contributed by atoms with Gasteiger partial charge in [0.05, 0.1) is 0 Å². The van der Waals surface area contributed by atoms with Crippen molar-refractivity contribution in [2.45, 2.75) is 80.1 Å². The van der Waals surface area contributed by atoms with Gasteiger partial charge in [-0.05, 0) is 60.8 Å². The van der Waals surface area contributed by atoms with Gasteiger partial charge in [0.15, 0.2) is 0 Å². The lowest BCUT2D eigenvalue weighted by atomic mass is 9.78. The normalized spacial score (nSPS) is 12.8. The Morgan fingerprint density at radius 3 is 1.61 bits per heavy atom. The van der Waals surface area contributed by atoms with Gasteiger partial charge >= 0.3 is 0 Å². The molecule has 0 heterocycles.